The van der Waals surface area contributed by atoms with Crippen LogP contribution < -0.4 is 5.32 Å². The van der Waals surface area contributed by atoms with E-state index in [2.05, 4.69) is 20.7 Å². The molecule has 258 valence electrons. The zero-order valence-corrected chi connectivity index (χ0v) is 29.0. The van der Waals surface area contributed by atoms with Crippen LogP contribution in [0.25, 0.3) is 0 Å². The Balaban J connectivity index is 1.55. The van der Waals surface area contributed by atoms with Crippen molar-refractivity contribution in [3.8, 4) is 0 Å². The van der Waals surface area contributed by atoms with Gasteiger partial charge in [-0.2, -0.15) is 14.5 Å². The molecule has 4 rings (SSSR count). The Bertz CT molecular complexity index is 1610. The zero-order valence-electron chi connectivity index (χ0n) is 28.1. The van der Waals surface area contributed by atoms with E-state index in [1.54, 1.807) is 34.3 Å². The van der Waals surface area contributed by atoms with Gasteiger partial charge in [0.25, 0.3) is 0 Å². The van der Waals surface area contributed by atoms with Gasteiger partial charge in [-0.1, -0.05) is 81.7 Å². The lowest BCUT2D eigenvalue weighted by Crippen LogP contribution is -2.54. The van der Waals surface area contributed by atoms with Gasteiger partial charge in [0.2, 0.25) is 15.9 Å². The van der Waals surface area contributed by atoms with Gasteiger partial charge in [-0.05, 0) is 59.6 Å². The summed E-state index contributed by atoms with van der Waals surface area (Å²) >= 11 is 0. The molecule has 0 saturated carbocycles. The van der Waals surface area contributed by atoms with E-state index in [0.29, 0.717) is 51.0 Å². The number of nitrogens with one attached hydrogen (secondary N) is 1. The van der Waals surface area contributed by atoms with Crippen LogP contribution in [0.4, 0.5) is 4.79 Å². The van der Waals surface area contributed by atoms with E-state index in [0.717, 1.165) is 11.1 Å². The van der Waals surface area contributed by atoms with Crippen molar-refractivity contribution in [2.75, 3.05) is 26.2 Å². The van der Waals surface area contributed by atoms with Crippen molar-refractivity contribution in [3.63, 3.8) is 0 Å². The maximum absolute atomic E-state index is 14.2. The van der Waals surface area contributed by atoms with Crippen LogP contribution in [0.5, 0.6) is 0 Å². The van der Waals surface area contributed by atoms with E-state index in [-0.39, 0.29) is 35.2 Å². The lowest BCUT2D eigenvalue weighted by molar-refractivity contribution is -0.127. The number of sulfonamides is 1. The predicted molar refractivity (Wildman–Crippen MR) is 184 cm³/mol. The SMILES string of the molecule is CC[C@H](C)[C@@H](C(=O)N[C@H](CCN(CC(C)C)S(=O)(=O)c1ccc(/C=N/O)cc1)Cc1ccccc1)N1CCN(Cc2ccnnc2)C1=O. The molecule has 2 heterocycles. The molecule has 0 spiro atoms. The highest BCUT2D eigenvalue weighted by Gasteiger charge is 2.40. The number of hydrogen-bond acceptors (Lipinski definition) is 8. The molecule has 1 aliphatic heterocycles. The smallest absolute Gasteiger partial charge is 0.321 e. The third kappa shape index (κ3) is 9.60. The third-order valence-corrected chi connectivity index (χ3v) is 10.5. The second-order valence-electron chi connectivity index (χ2n) is 12.7. The first-order valence-corrected chi connectivity index (χ1v) is 17.9. The Hall–Kier alpha value is -4.36. The van der Waals surface area contributed by atoms with E-state index in [4.69, 9.17) is 5.21 Å². The summed E-state index contributed by atoms with van der Waals surface area (Å²) in [6, 6.07) is 16.5. The van der Waals surface area contributed by atoms with Crippen LogP contribution in [-0.2, 0) is 27.8 Å². The van der Waals surface area contributed by atoms with E-state index >= 15 is 0 Å². The van der Waals surface area contributed by atoms with Crippen LogP contribution in [0.1, 0.15) is 57.2 Å². The maximum Gasteiger partial charge on any atom is 0.321 e. The summed E-state index contributed by atoms with van der Waals surface area (Å²) in [5, 5.41) is 22.8. The van der Waals surface area contributed by atoms with Crippen LogP contribution in [0, 0.1) is 11.8 Å². The molecule has 0 unspecified atom stereocenters. The van der Waals surface area contributed by atoms with Crippen molar-refractivity contribution >= 4 is 28.2 Å². The summed E-state index contributed by atoms with van der Waals surface area (Å²) < 4.78 is 29.1. The Morgan fingerprint density at radius 1 is 1.04 bits per heavy atom. The minimum absolute atomic E-state index is 0.0598. The van der Waals surface area contributed by atoms with Gasteiger partial charge in [0.05, 0.1) is 17.3 Å². The average Bonchev–Trinajstić information content (AvgIpc) is 3.42. The van der Waals surface area contributed by atoms with Crippen molar-refractivity contribution in [2.24, 2.45) is 17.0 Å². The summed E-state index contributed by atoms with van der Waals surface area (Å²) in [6.07, 6.45) is 6.02. The van der Waals surface area contributed by atoms with Crippen LogP contribution >= 0.6 is 0 Å². The standard InChI is InChI=1S/C35H47N7O5S/c1-5-27(4)33(42-20-19-40(35(42)44)25-30-15-17-36-37-22-30)34(43)39-31(21-28-9-7-6-8-10-28)16-18-41(24-26(2)3)48(46,47)32-13-11-29(12-14-32)23-38-45/h6-15,17,22-23,26-27,31,33,45H,5,16,18-21,24-25H2,1-4H3,(H,39,43)/b38-23+/t27-,31+,33-/m0/s1. The number of carbonyl (C=O) groups is 2. The molecule has 1 aromatic heterocycles. The molecule has 13 heteroatoms. The molecule has 3 atom stereocenters. The molecular formula is C35H47N7O5S. The van der Waals surface area contributed by atoms with Crippen molar-refractivity contribution in [1.82, 2.24) is 29.6 Å². The summed E-state index contributed by atoms with van der Waals surface area (Å²) in [5.74, 6) is -0.291. The first kappa shape index (κ1) is 36.5. The molecule has 48 heavy (non-hydrogen) atoms. The van der Waals surface area contributed by atoms with E-state index in [1.807, 2.05) is 64.1 Å². The molecule has 1 fully saturated rings. The number of urea groups is 1. The summed E-state index contributed by atoms with van der Waals surface area (Å²) in [4.78, 5) is 31.3. The van der Waals surface area contributed by atoms with Crippen LogP contribution in [-0.4, -0.2) is 94.3 Å². The summed E-state index contributed by atoms with van der Waals surface area (Å²) in [6.45, 7) is 9.69. The van der Waals surface area contributed by atoms with E-state index in [1.165, 1.54) is 22.7 Å². The van der Waals surface area contributed by atoms with Gasteiger partial charge >= 0.3 is 6.03 Å². The van der Waals surface area contributed by atoms with Crippen molar-refractivity contribution in [1.29, 1.82) is 0 Å². The minimum atomic E-state index is -3.86. The maximum atomic E-state index is 14.2. The number of amides is 3. The molecule has 2 aromatic carbocycles. The molecule has 2 N–H and O–H groups in total. The van der Waals surface area contributed by atoms with Gasteiger partial charge in [-0.25, -0.2) is 13.2 Å². The van der Waals surface area contributed by atoms with Crippen LogP contribution in [0.3, 0.4) is 0 Å². The van der Waals surface area contributed by atoms with Crippen molar-refractivity contribution in [3.05, 3.63) is 89.7 Å². The zero-order chi connectivity index (χ0) is 34.7. The topological polar surface area (TPSA) is 148 Å². The number of carbonyl (C=O) groups excluding carboxylic acids is 2. The van der Waals surface area contributed by atoms with Gasteiger partial charge in [0.15, 0.2) is 0 Å². The number of aromatic nitrogens is 2. The molecule has 0 bridgehead atoms. The minimum Gasteiger partial charge on any atom is -0.411 e. The lowest BCUT2D eigenvalue weighted by Gasteiger charge is -2.33. The van der Waals surface area contributed by atoms with Gasteiger partial charge in [0.1, 0.15) is 6.04 Å². The largest absolute Gasteiger partial charge is 0.411 e. The monoisotopic (exact) mass is 677 g/mol. The fourth-order valence-electron chi connectivity index (χ4n) is 5.94. The number of nitrogens with zero attached hydrogens (tertiary/aromatic N) is 6. The molecule has 12 nitrogen and oxygen atoms in total. The Labute approximate surface area is 283 Å². The van der Waals surface area contributed by atoms with E-state index < -0.39 is 22.1 Å². The van der Waals surface area contributed by atoms with Gasteiger partial charge < -0.3 is 20.3 Å². The lowest BCUT2D eigenvalue weighted by atomic mass is 9.95. The van der Waals surface area contributed by atoms with Crippen molar-refractivity contribution in [2.45, 2.75) is 70.5 Å². The van der Waals surface area contributed by atoms with Crippen molar-refractivity contribution < 1.29 is 23.2 Å². The molecule has 1 aliphatic rings. The molecular weight excluding hydrogens is 630 g/mol. The first-order valence-electron chi connectivity index (χ1n) is 16.5. The third-order valence-electron chi connectivity index (χ3n) is 8.63. The Morgan fingerprint density at radius 2 is 1.77 bits per heavy atom. The first-order chi connectivity index (χ1) is 23.0. The predicted octanol–water partition coefficient (Wildman–Crippen LogP) is 4.40. The number of hydrogen-bond donors (Lipinski definition) is 2. The van der Waals surface area contributed by atoms with Gasteiger partial charge in [-0.15, -0.1) is 0 Å². The highest BCUT2D eigenvalue weighted by molar-refractivity contribution is 7.89. The highest BCUT2D eigenvalue weighted by atomic mass is 32.2. The quantitative estimate of drug-likeness (QED) is 0.122. The number of oxime groups is 1. The molecule has 1 saturated heterocycles. The fraction of sp³-hybridized carbons (Fsp3) is 0.457. The fourth-order valence-corrected chi connectivity index (χ4v) is 7.56. The van der Waals surface area contributed by atoms with Gasteiger partial charge in [0, 0.05) is 45.0 Å². The Morgan fingerprint density at radius 3 is 2.40 bits per heavy atom. The van der Waals surface area contributed by atoms with Crippen LogP contribution in [0.2, 0.25) is 0 Å². The molecule has 0 aliphatic carbocycles. The van der Waals surface area contributed by atoms with Crippen LogP contribution in [0.15, 0.2) is 83.1 Å². The average molecular weight is 678 g/mol. The second kappa shape index (κ2) is 17.2. The van der Waals surface area contributed by atoms with Gasteiger partial charge in [-0.3, -0.25) is 4.79 Å². The molecule has 3 amide bonds. The highest BCUT2D eigenvalue weighted by Crippen LogP contribution is 2.24. The second-order valence-corrected chi connectivity index (χ2v) is 14.7. The number of rotatable bonds is 17. The normalized spacial score (nSPS) is 15.8. The summed E-state index contributed by atoms with van der Waals surface area (Å²) in [7, 11) is -3.86. The summed E-state index contributed by atoms with van der Waals surface area (Å²) in [5.41, 5.74) is 2.45. The number of benzene rings is 2. The molecule has 0 radical (unpaired) electrons. The molecule has 3 aromatic rings. The Kier molecular flexibility index (Phi) is 13.0. The van der Waals surface area contributed by atoms with E-state index in [9.17, 15) is 18.0 Å².